The first-order chi connectivity index (χ1) is 7.58. The summed E-state index contributed by atoms with van der Waals surface area (Å²) >= 11 is 1.27. The van der Waals surface area contributed by atoms with E-state index < -0.39 is 16.8 Å². The second kappa shape index (κ2) is 6.26. The van der Waals surface area contributed by atoms with Crippen LogP contribution in [0.15, 0.2) is 0 Å². The van der Waals surface area contributed by atoms with Gasteiger partial charge in [-0.1, -0.05) is 0 Å². The van der Waals surface area contributed by atoms with E-state index in [0.29, 0.717) is 0 Å². The summed E-state index contributed by atoms with van der Waals surface area (Å²) in [4.78, 5) is 22.5. The Morgan fingerprint density at radius 2 is 1.76 bits per heavy atom. The molecule has 0 aromatic carbocycles. The van der Waals surface area contributed by atoms with Gasteiger partial charge in [0.1, 0.15) is 6.04 Å². The van der Waals surface area contributed by atoms with E-state index in [1.54, 1.807) is 20.8 Å². The number of carboxylic acids is 1. The number of amides is 1. The second-order valence-corrected chi connectivity index (χ2v) is 6.84. The molecule has 0 aliphatic rings. The minimum Gasteiger partial charge on any atom is -0.480 e. The van der Waals surface area contributed by atoms with Crippen LogP contribution in [0, 0.1) is 0 Å². The van der Waals surface area contributed by atoms with Crippen LogP contribution in [0.3, 0.4) is 0 Å². The molecule has 0 fully saturated rings. The van der Waals surface area contributed by atoms with Gasteiger partial charge in [0.15, 0.2) is 0 Å². The van der Waals surface area contributed by atoms with Gasteiger partial charge in [-0.15, -0.1) is 11.8 Å². The van der Waals surface area contributed by atoms with Crippen molar-refractivity contribution in [3.05, 3.63) is 0 Å². The van der Waals surface area contributed by atoms with Gasteiger partial charge in [-0.05, 0) is 34.6 Å². The molecule has 4 N–H and O–H groups in total. The second-order valence-electron chi connectivity index (χ2n) is 4.84. The van der Waals surface area contributed by atoms with E-state index in [1.165, 1.54) is 11.8 Å². The molecule has 0 aliphatic carbocycles. The number of carbonyl (C=O) groups excluding carboxylic acids is 1. The highest BCUT2D eigenvalue weighted by Crippen LogP contribution is 2.31. The SMILES string of the molecule is CC(C)NC(=O)C(C)SC(C)(C)[C@H](N)C(=O)O. The van der Waals surface area contributed by atoms with Crippen molar-refractivity contribution in [2.75, 3.05) is 0 Å². The third-order valence-electron chi connectivity index (χ3n) is 2.30. The maximum Gasteiger partial charge on any atom is 0.321 e. The predicted octanol–water partition coefficient (Wildman–Crippen LogP) is 0.823. The fourth-order valence-corrected chi connectivity index (χ4v) is 2.62. The van der Waals surface area contributed by atoms with Gasteiger partial charge in [-0.3, -0.25) is 9.59 Å². The Hall–Kier alpha value is -0.750. The number of nitrogens with one attached hydrogen (secondary N) is 1. The number of carbonyl (C=O) groups is 2. The van der Waals surface area contributed by atoms with Gasteiger partial charge < -0.3 is 16.2 Å². The molecule has 0 aromatic heterocycles. The quantitative estimate of drug-likeness (QED) is 0.659. The van der Waals surface area contributed by atoms with Crippen LogP contribution in [0.1, 0.15) is 34.6 Å². The Morgan fingerprint density at radius 1 is 1.29 bits per heavy atom. The van der Waals surface area contributed by atoms with Crippen molar-refractivity contribution in [1.29, 1.82) is 0 Å². The molecule has 0 saturated carbocycles. The molecule has 1 amide bonds. The van der Waals surface area contributed by atoms with Crippen molar-refractivity contribution >= 4 is 23.6 Å². The molecule has 0 spiro atoms. The summed E-state index contributed by atoms with van der Waals surface area (Å²) in [5.74, 6) is -1.16. The molecule has 6 heteroatoms. The Balaban J connectivity index is 4.50. The molecule has 17 heavy (non-hydrogen) atoms. The van der Waals surface area contributed by atoms with Crippen molar-refractivity contribution in [3.63, 3.8) is 0 Å². The Kier molecular flexibility index (Phi) is 5.98. The number of aliphatic carboxylic acids is 1. The molecule has 0 rings (SSSR count). The lowest BCUT2D eigenvalue weighted by atomic mass is 10.1. The van der Waals surface area contributed by atoms with E-state index in [2.05, 4.69) is 5.32 Å². The van der Waals surface area contributed by atoms with Crippen LogP contribution in [-0.2, 0) is 9.59 Å². The van der Waals surface area contributed by atoms with Crippen LogP contribution < -0.4 is 11.1 Å². The third-order valence-corrected chi connectivity index (χ3v) is 3.72. The lowest BCUT2D eigenvalue weighted by molar-refractivity contribution is -0.139. The van der Waals surface area contributed by atoms with E-state index in [0.717, 1.165) is 0 Å². The Morgan fingerprint density at radius 3 is 2.12 bits per heavy atom. The number of hydrogen-bond acceptors (Lipinski definition) is 4. The molecule has 0 heterocycles. The van der Waals surface area contributed by atoms with Gasteiger partial charge in [0.2, 0.25) is 5.91 Å². The van der Waals surface area contributed by atoms with E-state index in [-0.39, 0.29) is 17.2 Å². The zero-order valence-electron chi connectivity index (χ0n) is 11.0. The fraction of sp³-hybridized carbons (Fsp3) is 0.818. The van der Waals surface area contributed by atoms with E-state index in [4.69, 9.17) is 10.8 Å². The molecular formula is C11H22N2O3S. The molecule has 0 radical (unpaired) electrons. The van der Waals surface area contributed by atoms with Crippen molar-refractivity contribution in [2.45, 2.75) is 56.7 Å². The van der Waals surface area contributed by atoms with E-state index >= 15 is 0 Å². The highest BCUT2D eigenvalue weighted by molar-refractivity contribution is 8.02. The molecule has 0 saturated heterocycles. The standard InChI is InChI=1S/C11H22N2O3S/c1-6(2)13-9(14)7(3)17-11(4,5)8(12)10(15)16/h6-8H,12H2,1-5H3,(H,13,14)(H,15,16)/t7?,8-/m1/s1. The molecule has 0 aliphatic heterocycles. The lowest BCUT2D eigenvalue weighted by Gasteiger charge is -2.30. The topological polar surface area (TPSA) is 92.4 Å². The van der Waals surface area contributed by atoms with Crippen LogP contribution in [-0.4, -0.2) is 39.1 Å². The summed E-state index contributed by atoms with van der Waals surface area (Å²) in [6.07, 6.45) is 0. The van der Waals surface area contributed by atoms with Crippen molar-refractivity contribution in [1.82, 2.24) is 5.32 Å². The number of nitrogens with two attached hydrogens (primary N) is 1. The summed E-state index contributed by atoms with van der Waals surface area (Å²) in [5.41, 5.74) is 5.59. The zero-order valence-corrected chi connectivity index (χ0v) is 11.8. The number of thioether (sulfide) groups is 1. The average Bonchev–Trinajstić information content (AvgIpc) is 2.14. The normalized spacial score (nSPS) is 15.5. The van der Waals surface area contributed by atoms with Gasteiger partial charge in [0, 0.05) is 10.8 Å². The monoisotopic (exact) mass is 262 g/mol. The van der Waals surface area contributed by atoms with Crippen molar-refractivity contribution in [3.8, 4) is 0 Å². The van der Waals surface area contributed by atoms with Crippen LogP contribution in [0.25, 0.3) is 0 Å². The smallest absolute Gasteiger partial charge is 0.321 e. The molecule has 1 unspecified atom stereocenters. The maximum atomic E-state index is 11.7. The molecule has 5 nitrogen and oxygen atoms in total. The van der Waals surface area contributed by atoms with Gasteiger partial charge in [-0.25, -0.2) is 0 Å². The van der Waals surface area contributed by atoms with Crippen LogP contribution in [0.2, 0.25) is 0 Å². The minimum absolute atomic E-state index is 0.0711. The fourth-order valence-electron chi connectivity index (χ4n) is 1.28. The number of rotatable bonds is 6. The first kappa shape index (κ1) is 16.2. The average molecular weight is 262 g/mol. The predicted molar refractivity (Wildman–Crippen MR) is 70.0 cm³/mol. The Bertz CT molecular complexity index is 292. The molecule has 0 bridgehead atoms. The van der Waals surface area contributed by atoms with Gasteiger partial charge >= 0.3 is 5.97 Å². The van der Waals surface area contributed by atoms with Crippen molar-refractivity contribution < 1.29 is 14.7 Å². The highest BCUT2D eigenvalue weighted by Gasteiger charge is 2.35. The summed E-state index contributed by atoms with van der Waals surface area (Å²) in [6, 6.07) is -0.927. The molecular weight excluding hydrogens is 240 g/mol. The zero-order chi connectivity index (χ0) is 13.8. The highest BCUT2D eigenvalue weighted by atomic mass is 32.2. The van der Waals surface area contributed by atoms with Crippen LogP contribution in [0.4, 0.5) is 0 Å². The van der Waals surface area contributed by atoms with Gasteiger partial charge in [0.25, 0.3) is 0 Å². The number of carboxylic acid groups (broad SMARTS) is 1. The first-order valence-electron chi connectivity index (χ1n) is 5.54. The molecule has 0 aromatic rings. The minimum atomic E-state index is -1.06. The Labute approximate surface area is 107 Å². The lowest BCUT2D eigenvalue weighted by Crippen LogP contribution is -2.49. The molecule has 100 valence electrons. The summed E-state index contributed by atoms with van der Waals surface area (Å²) in [7, 11) is 0. The van der Waals surface area contributed by atoms with Gasteiger partial charge in [-0.2, -0.15) is 0 Å². The van der Waals surface area contributed by atoms with E-state index in [1.807, 2.05) is 13.8 Å². The van der Waals surface area contributed by atoms with Crippen LogP contribution in [0.5, 0.6) is 0 Å². The summed E-state index contributed by atoms with van der Waals surface area (Å²) in [6.45, 7) is 8.97. The summed E-state index contributed by atoms with van der Waals surface area (Å²) < 4.78 is -0.695. The van der Waals surface area contributed by atoms with Gasteiger partial charge in [0.05, 0.1) is 5.25 Å². The first-order valence-corrected chi connectivity index (χ1v) is 6.42. The summed E-state index contributed by atoms with van der Waals surface area (Å²) in [5, 5.41) is 11.3. The van der Waals surface area contributed by atoms with Crippen molar-refractivity contribution in [2.24, 2.45) is 5.73 Å². The van der Waals surface area contributed by atoms with E-state index in [9.17, 15) is 9.59 Å². The number of hydrogen-bond donors (Lipinski definition) is 3. The van der Waals surface area contributed by atoms with Crippen LogP contribution >= 0.6 is 11.8 Å². The molecule has 2 atom stereocenters. The largest absolute Gasteiger partial charge is 0.480 e. The third kappa shape index (κ3) is 5.41. The maximum absolute atomic E-state index is 11.7.